The number of halogens is 2. The minimum absolute atomic E-state index is 0.0548. The predicted octanol–water partition coefficient (Wildman–Crippen LogP) is 3.88. The molecule has 1 saturated carbocycles. The molecule has 1 heterocycles. The molecule has 4 nitrogen and oxygen atoms in total. The van der Waals surface area contributed by atoms with Gasteiger partial charge >= 0.3 is 0 Å². The average molecular weight is 351 g/mol. The van der Waals surface area contributed by atoms with Gasteiger partial charge in [0, 0.05) is 12.7 Å². The second kappa shape index (κ2) is 7.27. The molecule has 21 heavy (non-hydrogen) atoms. The molecule has 7 heteroatoms. The maximum absolute atomic E-state index is 12.2. The quantitative estimate of drug-likeness (QED) is 0.819. The van der Waals surface area contributed by atoms with Gasteiger partial charge in [-0.1, -0.05) is 49.4 Å². The first-order chi connectivity index (χ1) is 9.92. The second-order valence-electron chi connectivity index (χ2n) is 5.59. The molecule has 1 N–H and O–H groups in total. The van der Waals surface area contributed by atoms with Gasteiger partial charge in [0.1, 0.15) is 10.0 Å². The number of nitrogens with one attached hydrogen (secondary N) is 1. The van der Waals surface area contributed by atoms with Crippen LogP contribution in [0.1, 0.15) is 39.0 Å². The van der Waals surface area contributed by atoms with Crippen LogP contribution in [-0.2, 0) is 10.0 Å². The molecule has 1 fully saturated rings. The third-order valence-electron chi connectivity index (χ3n) is 4.19. The van der Waals surface area contributed by atoms with E-state index in [0.29, 0.717) is 12.5 Å². The molecule has 2 rings (SSSR count). The fraction of sp³-hybridized carbons (Fsp3) is 0.643. The lowest BCUT2D eigenvalue weighted by Crippen LogP contribution is -2.31. The zero-order valence-corrected chi connectivity index (χ0v) is 14.3. The van der Waals surface area contributed by atoms with E-state index in [9.17, 15) is 8.42 Å². The zero-order valence-electron chi connectivity index (χ0n) is 12.0. The summed E-state index contributed by atoms with van der Waals surface area (Å²) in [5.74, 6) is 1.22. The first-order valence-corrected chi connectivity index (χ1v) is 9.47. The van der Waals surface area contributed by atoms with Crippen molar-refractivity contribution in [2.24, 2.45) is 11.8 Å². The lowest BCUT2D eigenvalue weighted by molar-refractivity contribution is 0.270. The lowest BCUT2D eigenvalue weighted by atomic mass is 9.81. The van der Waals surface area contributed by atoms with Gasteiger partial charge in [-0.25, -0.2) is 18.1 Å². The standard InChI is InChI=1S/C14H20Cl2N2O2S/c1-2-10-3-5-11(6-4-10)8-18-21(19,20)12-7-13(15)14(16)17-9-12/h7,9-11,18H,2-6,8H2,1H3. The fourth-order valence-corrected chi connectivity index (χ4v) is 4.13. The molecule has 0 radical (unpaired) electrons. The average Bonchev–Trinajstić information content (AvgIpc) is 2.48. The van der Waals surface area contributed by atoms with Gasteiger partial charge in [-0.15, -0.1) is 0 Å². The lowest BCUT2D eigenvalue weighted by Gasteiger charge is -2.27. The van der Waals surface area contributed by atoms with Crippen molar-refractivity contribution in [3.63, 3.8) is 0 Å². The van der Waals surface area contributed by atoms with Crippen molar-refractivity contribution in [2.75, 3.05) is 6.54 Å². The first kappa shape index (κ1) is 17.0. The van der Waals surface area contributed by atoms with E-state index in [2.05, 4.69) is 16.6 Å². The minimum atomic E-state index is -3.57. The Morgan fingerprint density at radius 3 is 2.43 bits per heavy atom. The SMILES string of the molecule is CCC1CCC(CNS(=O)(=O)c2cnc(Cl)c(Cl)c2)CC1. The Morgan fingerprint density at radius 2 is 1.86 bits per heavy atom. The third-order valence-corrected chi connectivity index (χ3v) is 6.26. The number of hydrogen-bond donors (Lipinski definition) is 1. The van der Waals surface area contributed by atoms with E-state index >= 15 is 0 Å². The summed E-state index contributed by atoms with van der Waals surface area (Å²) in [6.07, 6.45) is 6.99. The molecular formula is C14H20Cl2N2O2S. The van der Waals surface area contributed by atoms with Crippen LogP contribution in [0.2, 0.25) is 10.2 Å². The molecule has 118 valence electrons. The van der Waals surface area contributed by atoms with Gasteiger partial charge in [0.25, 0.3) is 0 Å². The highest BCUT2D eigenvalue weighted by molar-refractivity contribution is 7.89. The van der Waals surface area contributed by atoms with Gasteiger partial charge in [-0.2, -0.15) is 0 Å². The van der Waals surface area contributed by atoms with Gasteiger partial charge in [-0.05, 0) is 30.7 Å². The minimum Gasteiger partial charge on any atom is -0.242 e. The molecule has 0 aromatic carbocycles. The molecule has 1 aromatic rings. The number of hydrogen-bond acceptors (Lipinski definition) is 3. The van der Waals surface area contributed by atoms with Gasteiger partial charge < -0.3 is 0 Å². The van der Waals surface area contributed by atoms with Gasteiger partial charge in [-0.3, -0.25) is 0 Å². The van der Waals surface area contributed by atoms with Crippen LogP contribution < -0.4 is 4.72 Å². The molecule has 1 aromatic heterocycles. The molecule has 1 aliphatic rings. The number of aromatic nitrogens is 1. The van der Waals surface area contributed by atoms with E-state index in [1.165, 1.54) is 31.5 Å². The van der Waals surface area contributed by atoms with Crippen molar-refractivity contribution >= 4 is 33.2 Å². The predicted molar refractivity (Wildman–Crippen MR) is 85.2 cm³/mol. The van der Waals surface area contributed by atoms with E-state index in [-0.39, 0.29) is 15.1 Å². The summed E-state index contributed by atoms with van der Waals surface area (Å²) in [6, 6.07) is 1.33. The molecule has 0 atom stereocenters. The largest absolute Gasteiger partial charge is 0.242 e. The van der Waals surface area contributed by atoms with E-state index in [0.717, 1.165) is 18.8 Å². The van der Waals surface area contributed by atoms with Crippen molar-refractivity contribution in [3.05, 3.63) is 22.4 Å². The van der Waals surface area contributed by atoms with Crippen LogP contribution in [0.5, 0.6) is 0 Å². The van der Waals surface area contributed by atoms with Crippen molar-refractivity contribution in [2.45, 2.75) is 43.9 Å². The van der Waals surface area contributed by atoms with Crippen molar-refractivity contribution in [1.29, 1.82) is 0 Å². The van der Waals surface area contributed by atoms with Crippen molar-refractivity contribution in [3.8, 4) is 0 Å². The Balaban J connectivity index is 1.94. The Hall–Kier alpha value is -0.360. The Kier molecular flexibility index (Phi) is 5.88. The van der Waals surface area contributed by atoms with Crippen molar-refractivity contribution < 1.29 is 8.42 Å². The summed E-state index contributed by atoms with van der Waals surface area (Å²) in [4.78, 5) is 3.83. The molecule has 0 amide bonds. The van der Waals surface area contributed by atoms with E-state index < -0.39 is 10.0 Å². The Morgan fingerprint density at radius 1 is 1.24 bits per heavy atom. The molecule has 1 aliphatic carbocycles. The van der Waals surface area contributed by atoms with E-state index in [1.807, 2.05) is 0 Å². The molecule has 0 saturated heterocycles. The molecule has 0 bridgehead atoms. The van der Waals surface area contributed by atoms with Crippen molar-refractivity contribution in [1.82, 2.24) is 9.71 Å². The van der Waals surface area contributed by atoms with Gasteiger partial charge in [0.2, 0.25) is 10.0 Å². The smallest absolute Gasteiger partial charge is 0.242 e. The molecular weight excluding hydrogens is 331 g/mol. The van der Waals surface area contributed by atoms with Crippen LogP contribution in [0.15, 0.2) is 17.2 Å². The summed E-state index contributed by atoms with van der Waals surface area (Å²) >= 11 is 11.5. The highest BCUT2D eigenvalue weighted by Gasteiger charge is 2.23. The van der Waals surface area contributed by atoms with E-state index in [4.69, 9.17) is 23.2 Å². The van der Waals surface area contributed by atoms with Gasteiger partial charge in [0.15, 0.2) is 0 Å². The Bertz CT molecular complexity index is 585. The van der Waals surface area contributed by atoms with Crippen LogP contribution in [0, 0.1) is 11.8 Å². The summed E-state index contributed by atoms with van der Waals surface area (Å²) in [7, 11) is -3.57. The number of pyridine rings is 1. The zero-order chi connectivity index (χ0) is 15.5. The van der Waals surface area contributed by atoms with Crippen LogP contribution in [-0.4, -0.2) is 19.9 Å². The first-order valence-electron chi connectivity index (χ1n) is 7.23. The maximum Gasteiger partial charge on any atom is 0.242 e. The molecule has 0 spiro atoms. The van der Waals surface area contributed by atoms with E-state index in [1.54, 1.807) is 0 Å². The Labute approximate surface area is 136 Å². The summed E-state index contributed by atoms with van der Waals surface area (Å²) in [5, 5.41) is 0.247. The number of sulfonamides is 1. The topological polar surface area (TPSA) is 59.1 Å². The summed E-state index contributed by atoms with van der Waals surface area (Å²) in [5.41, 5.74) is 0. The monoisotopic (exact) mass is 350 g/mol. The fourth-order valence-electron chi connectivity index (χ4n) is 2.71. The number of nitrogens with zero attached hydrogens (tertiary/aromatic N) is 1. The highest BCUT2D eigenvalue weighted by Crippen LogP contribution is 2.30. The third kappa shape index (κ3) is 4.55. The maximum atomic E-state index is 12.2. The summed E-state index contributed by atoms with van der Waals surface area (Å²) in [6.45, 7) is 2.68. The van der Waals surface area contributed by atoms with Crippen LogP contribution in [0.25, 0.3) is 0 Å². The van der Waals surface area contributed by atoms with Crippen LogP contribution in [0.3, 0.4) is 0 Å². The normalized spacial score (nSPS) is 23.2. The molecule has 0 aliphatic heterocycles. The highest BCUT2D eigenvalue weighted by atomic mass is 35.5. The van der Waals surface area contributed by atoms with Crippen LogP contribution >= 0.6 is 23.2 Å². The van der Waals surface area contributed by atoms with Gasteiger partial charge in [0.05, 0.1) is 5.02 Å². The number of rotatable bonds is 5. The summed E-state index contributed by atoms with van der Waals surface area (Å²) < 4.78 is 27.1. The van der Waals surface area contributed by atoms with Crippen LogP contribution in [0.4, 0.5) is 0 Å². The second-order valence-corrected chi connectivity index (χ2v) is 8.12. The molecule has 0 unspecified atom stereocenters.